The molecule has 0 N–H and O–H groups in total. The lowest BCUT2D eigenvalue weighted by Gasteiger charge is -2.14. The van der Waals surface area contributed by atoms with Gasteiger partial charge in [-0.25, -0.2) is 4.39 Å². The van der Waals surface area contributed by atoms with Crippen molar-refractivity contribution in [3.8, 4) is 0 Å². The van der Waals surface area contributed by atoms with Crippen LogP contribution >= 0.6 is 0 Å². The lowest BCUT2D eigenvalue weighted by molar-refractivity contribution is 0.551. The number of rotatable bonds is 2. The van der Waals surface area contributed by atoms with Crippen LogP contribution in [-0.2, 0) is 10.2 Å². The van der Waals surface area contributed by atoms with Crippen molar-refractivity contribution in [2.24, 2.45) is 0 Å². The molecule has 0 aromatic heterocycles. The van der Waals surface area contributed by atoms with Crippen LogP contribution in [0.3, 0.4) is 0 Å². The van der Waals surface area contributed by atoms with Crippen LogP contribution in [0.1, 0.15) is 0 Å². The molecule has 0 radical (unpaired) electrons. The van der Waals surface area contributed by atoms with Crippen molar-refractivity contribution in [3.05, 3.63) is 24.0 Å². The molecular weight excluding hydrogens is 212 g/mol. The van der Waals surface area contributed by atoms with Crippen molar-refractivity contribution < 1.29 is 16.7 Å². The van der Waals surface area contributed by atoms with E-state index in [0.29, 0.717) is 0 Å². The lowest BCUT2D eigenvalue weighted by Crippen LogP contribution is -2.12. The van der Waals surface area contributed by atoms with Gasteiger partial charge in [-0.3, -0.25) is 0 Å². The van der Waals surface area contributed by atoms with Crippen molar-refractivity contribution in [1.82, 2.24) is 0 Å². The van der Waals surface area contributed by atoms with E-state index < -0.39 is 20.9 Å². The highest BCUT2D eigenvalue weighted by Gasteiger charge is 2.18. The largest absolute Gasteiger partial charge is 0.376 e. The summed E-state index contributed by atoms with van der Waals surface area (Å²) >= 11 is 0. The fourth-order valence-electron chi connectivity index (χ4n) is 1.05. The first-order valence-corrected chi connectivity index (χ1v) is 5.12. The molecular formula is C8H9F2NO2S. The summed E-state index contributed by atoms with van der Waals surface area (Å²) in [6, 6.07) is 2.77. The standard InChI is InChI=1S/C8H9F2NO2S/c1-11(2)7-5-6(9)3-4-8(7)14(10,12)13/h3-5H,1-2H3. The molecule has 6 heteroatoms. The highest BCUT2D eigenvalue weighted by Crippen LogP contribution is 2.25. The van der Waals surface area contributed by atoms with Crippen LogP contribution in [0, 0.1) is 5.82 Å². The zero-order chi connectivity index (χ0) is 10.9. The molecule has 0 heterocycles. The predicted molar refractivity (Wildman–Crippen MR) is 49.0 cm³/mol. The van der Waals surface area contributed by atoms with Crippen molar-refractivity contribution in [2.75, 3.05) is 19.0 Å². The van der Waals surface area contributed by atoms with Crippen molar-refractivity contribution >= 4 is 15.9 Å². The fraction of sp³-hybridized carbons (Fsp3) is 0.250. The number of hydrogen-bond acceptors (Lipinski definition) is 3. The maximum atomic E-state index is 12.8. The average molecular weight is 221 g/mol. The van der Waals surface area contributed by atoms with Crippen LogP contribution in [-0.4, -0.2) is 22.5 Å². The molecule has 1 rings (SSSR count). The van der Waals surface area contributed by atoms with Gasteiger partial charge in [0.2, 0.25) is 0 Å². The van der Waals surface area contributed by atoms with E-state index in [4.69, 9.17) is 0 Å². The van der Waals surface area contributed by atoms with Crippen LogP contribution in [0.4, 0.5) is 14.0 Å². The van der Waals surface area contributed by atoms with Crippen LogP contribution in [0.2, 0.25) is 0 Å². The molecule has 1 aromatic rings. The maximum absolute atomic E-state index is 12.8. The average Bonchev–Trinajstić information content (AvgIpc) is 2.01. The zero-order valence-electron chi connectivity index (χ0n) is 7.66. The highest BCUT2D eigenvalue weighted by atomic mass is 32.3. The number of halogens is 2. The van der Waals surface area contributed by atoms with E-state index in [1.807, 2.05) is 0 Å². The molecule has 0 amide bonds. The van der Waals surface area contributed by atoms with Gasteiger partial charge in [0, 0.05) is 14.1 Å². The summed E-state index contributed by atoms with van der Waals surface area (Å²) in [7, 11) is -1.80. The first-order chi connectivity index (χ1) is 6.32. The van der Waals surface area contributed by atoms with E-state index in [1.54, 1.807) is 0 Å². The Kier molecular flexibility index (Phi) is 2.75. The molecule has 1 aromatic carbocycles. The summed E-state index contributed by atoms with van der Waals surface area (Å²) in [6.07, 6.45) is 0. The van der Waals surface area contributed by atoms with E-state index in [2.05, 4.69) is 0 Å². The van der Waals surface area contributed by atoms with Crippen LogP contribution in [0.25, 0.3) is 0 Å². The summed E-state index contributed by atoms with van der Waals surface area (Å²) in [5, 5.41) is 0. The summed E-state index contributed by atoms with van der Waals surface area (Å²) in [5.41, 5.74) is -0.00694. The van der Waals surface area contributed by atoms with Gasteiger partial charge in [0.1, 0.15) is 10.7 Å². The van der Waals surface area contributed by atoms with Crippen molar-refractivity contribution in [2.45, 2.75) is 4.90 Å². The summed E-state index contributed by atoms with van der Waals surface area (Å²) in [5.74, 6) is -0.610. The molecule has 0 unspecified atom stereocenters. The Morgan fingerprint density at radius 2 is 1.86 bits per heavy atom. The van der Waals surface area contributed by atoms with Gasteiger partial charge in [0.25, 0.3) is 0 Å². The Morgan fingerprint density at radius 1 is 1.29 bits per heavy atom. The minimum Gasteiger partial charge on any atom is -0.376 e. The summed E-state index contributed by atoms with van der Waals surface area (Å²) in [6.45, 7) is 0. The second-order valence-electron chi connectivity index (χ2n) is 2.94. The van der Waals surface area contributed by atoms with Crippen molar-refractivity contribution in [3.63, 3.8) is 0 Å². The Labute approximate surface area is 81.2 Å². The zero-order valence-corrected chi connectivity index (χ0v) is 8.48. The van der Waals surface area contributed by atoms with Gasteiger partial charge in [-0.05, 0) is 18.2 Å². The molecule has 3 nitrogen and oxygen atoms in total. The Bertz CT molecular complexity index is 443. The SMILES string of the molecule is CN(C)c1cc(F)ccc1S(=O)(=O)F. The Balaban J connectivity index is 3.45. The van der Waals surface area contributed by atoms with Gasteiger partial charge in [-0.1, -0.05) is 0 Å². The Hall–Kier alpha value is -1.17. The predicted octanol–water partition coefficient (Wildman–Crippen LogP) is 1.55. The fourth-order valence-corrected chi connectivity index (χ4v) is 1.77. The van der Waals surface area contributed by atoms with Crippen LogP contribution < -0.4 is 4.90 Å². The number of benzene rings is 1. The molecule has 14 heavy (non-hydrogen) atoms. The van der Waals surface area contributed by atoms with Gasteiger partial charge >= 0.3 is 10.2 Å². The monoisotopic (exact) mass is 221 g/mol. The summed E-state index contributed by atoms with van der Waals surface area (Å²) < 4.78 is 46.8. The molecule has 0 fully saturated rings. The molecule has 0 saturated heterocycles. The van der Waals surface area contributed by atoms with Gasteiger partial charge in [-0.2, -0.15) is 8.42 Å². The van der Waals surface area contributed by atoms with E-state index in [-0.39, 0.29) is 5.69 Å². The first kappa shape index (κ1) is 10.9. The van der Waals surface area contributed by atoms with E-state index in [0.717, 1.165) is 18.2 Å². The van der Waals surface area contributed by atoms with E-state index in [1.165, 1.54) is 19.0 Å². The van der Waals surface area contributed by atoms with E-state index in [9.17, 15) is 16.7 Å². The second-order valence-corrected chi connectivity index (χ2v) is 4.26. The summed E-state index contributed by atoms with van der Waals surface area (Å²) in [4.78, 5) is 0.805. The van der Waals surface area contributed by atoms with Crippen LogP contribution in [0.5, 0.6) is 0 Å². The molecule has 0 atom stereocenters. The molecule has 0 aliphatic carbocycles. The third-order valence-corrected chi connectivity index (χ3v) is 2.54. The maximum Gasteiger partial charge on any atom is 0.334 e. The lowest BCUT2D eigenvalue weighted by atomic mass is 10.3. The van der Waals surface area contributed by atoms with Gasteiger partial charge < -0.3 is 4.90 Å². The minimum atomic E-state index is -4.80. The van der Waals surface area contributed by atoms with Crippen molar-refractivity contribution in [1.29, 1.82) is 0 Å². The molecule has 0 saturated carbocycles. The molecule has 78 valence electrons. The van der Waals surface area contributed by atoms with E-state index >= 15 is 0 Å². The Morgan fingerprint density at radius 3 is 2.29 bits per heavy atom. The second kappa shape index (κ2) is 3.53. The molecule has 0 spiro atoms. The number of anilines is 1. The van der Waals surface area contributed by atoms with Gasteiger partial charge in [-0.15, -0.1) is 3.89 Å². The van der Waals surface area contributed by atoms with Gasteiger partial charge in [0.15, 0.2) is 0 Å². The topological polar surface area (TPSA) is 37.4 Å². The third-order valence-electron chi connectivity index (χ3n) is 1.67. The molecule has 0 aliphatic rings. The normalized spacial score (nSPS) is 11.4. The minimum absolute atomic E-state index is 0.00694. The number of hydrogen-bond donors (Lipinski definition) is 0. The molecule has 0 bridgehead atoms. The molecule has 0 aliphatic heterocycles. The first-order valence-electron chi connectivity index (χ1n) is 3.74. The highest BCUT2D eigenvalue weighted by molar-refractivity contribution is 7.86. The smallest absolute Gasteiger partial charge is 0.334 e. The third kappa shape index (κ3) is 2.20. The van der Waals surface area contributed by atoms with Gasteiger partial charge in [0.05, 0.1) is 5.69 Å². The quantitative estimate of drug-likeness (QED) is 0.711. The van der Waals surface area contributed by atoms with Crippen LogP contribution in [0.15, 0.2) is 23.1 Å². The number of nitrogens with zero attached hydrogens (tertiary/aromatic N) is 1.